The van der Waals surface area contributed by atoms with Gasteiger partial charge in [-0.15, -0.1) is 26.3 Å². The Labute approximate surface area is 874 Å². The van der Waals surface area contributed by atoms with E-state index in [9.17, 15) is 76.7 Å². The first-order valence-electron chi connectivity index (χ1n) is 52.3. The van der Waals surface area contributed by atoms with Crippen LogP contribution in [0.1, 0.15) is 262 Å². The van der Waals surface area contributed by atoms with Gasteiger partial charge < -0.3 is 103 Å². The lowest BCUT2D eigenvalue weighted by Crippen LogP contribution is -2.57. The lowest BCUT2D eigenvalue weighted by molar-refractivity contribution is -0.158. The summed E-state index contributed by atoms with van der Waals surface area (Å²) < 4.78 is 68.2. The molecule has 5 aliphatic carbocycles. The van der Waals surface area contributed by atoms with Crippen LogP contribution in [-0.2, 0) is 124 Å². The van der Waals surface area contributed by atoms with Crippen LogP contribution in [0.4, 0.5) is 14.4 Å². The molecular weight excluding hydrogens is 1910 g/mol. The number of fused-ring (bicyclic) bond motifs is 4. The van der Waals surface area contributed by atoms with Crippen molar-refractivity contribution in [3.8, 4) is 0 Å². The number of nitrogens with two attached hydrogens (primary N) is 1. The summed E-state index contributed by atoms with van der Waals surface area (Å²) in [6.07, 6.45) is 29.4. The number of rotatable bonds is 31. The molecule has 830 valence electrons. The molecule has 5 saturated heterocycles. The number of hydrogen-bond acceptors (Lipinski definition) is 31. The number of ether oxygens (including phenoxy) is 13. The summed E-state index contributed by atoms with van der Waals surface area (Å²) in [4.78, 5) is 214. The Bertz CT molecular complexity index is 4810. The highest BCUT2D eigenvalue weighted by Gasteiger charge is 2.74. The molecule has 0 spiro atoms. The van der Waals surface area contributed by atoms with Crippen molar-refractivity contribution in [1.82, 2.24) is 40.4 Å². The number of likely N-dealkylation sites (tertiary alicyclic amines) is 2. The second-order valence-electron chi connectivity index (χ2n) is 45.3. The molecule has 5 N–H and O–H groups in total. The number of alkyl carbamates (subject to hydrolysis) is 2. The zero-order valence-electron chi connectivity index (χ0n) is 91.9. The maximum atomic E-state index is 13.9. The summed E-state index contributed by atoms with van der Waals surface area (Å²) in [6, 6.07) is -5.35. The Kier molecular flexibility index (Phi) is 43.9. The Morgan fingerprint density at radius 3 is 1.39 bits per heavy atom. The van der Waals surface area contributed by atoms with Crippen LogP contribution in [0.2, 0.25) is 0 Å². The van der Waals surface area contributed by atoms with Crippen molar-refractivity contribution in [3.63, 3.8) is 0 Å². The van der Waals surface area contributed by atoms with E-state index in [1.54, 1.807) is 128 Å². The quantitative estimate of drug-likeness (QED) is 0.0217. The first kappa shape index (κ1) is 123. The molecule has 12 rings (SSSR count). The maximum Gasteiger partial charge on any atom is 0.410 e. The number of methoxy groups -OCH3 is 10. The van der Waals surface area contributed by atoms with Crippen LogP contribution in [0.25, 0.3) is 0 Å². The monoisotopic (exact) mass is 2080 g/mol. The fraction of sp³-hybridized carbons (Fsp3) is 0.745. The van der Waals surface area contributed by atoms with Gasteiger partial charge in [0.2, 0.25) is 23.6 Å². The van der Waals surface area contributed by atoms with Crippen molar-refractivity contribution in [2.24, 2.45) is 56.0 Å². The normalized spacial score (nSPS) is 32.8. The predicted octanol–water partition coefficient (Wildman–Crippen LogP) is 11.8. The molecule has 0 radical (unpaired) electrons. The van der Waals surface area contributed by atoms with E-state index in [1.807, 2.05) is 26.0 Å². The van der Waals surface area contributed by atoms with Gasteiger partial charge in [0.15, 0.2) is 23.1 Å². The van der Waals surface area contributed by atoms with Crippen molar-refractivity contribution >= 4 is 94.9 Å². The highest BCUT2D eigenvalue weighted by molar-refractivity contribution is 6.00. The van der Waals surface area contributed by atoms with Gasteiger partial charge >= 0.3 is 48.1 Å². The number of unbranched alkanes of at least 4 members (excludes halogenated alkanes) is 3. The van der Waals surface area contributed by atoms with E-state index in [-0.39, 0.29) is 164 Å². The molecule has 10 fully saturated rings. The summed E-state index contributed by atoms with van der Waals surface area (Å²) >= 11 is 0. The van der Waals surface area contributed by atoms with Gasteiger partial charge in [-0.1, -0.05) is 101 Å². The van der Waals surface area contributed by atoms with Crippen molar-refractivity contribution in [2.45, 2.75) is 364 Å². The highest BCUT2D eigenvalue weighted by atomic mass is 16.6. The van der Waals surface area contributed by atoms with Crippen molar-refractivity contribution < 1.29 is 138 Å². The second-order valence-corrected chi connectivity index (χ2v) is 45.3. The maximum absolute atomic E-state index is 13.9. The van der Waals surface area contributed by atoms with Crippen molar-refractivity contribution in [2.75, 3.05) is 111 Å². The summed E-state index contributed by atoms with van der Waals surface area (Å²) in [5, 5.41) is 8.61. The van der Waals surface area contributed by atoms with Crippen LogP contribution < -0.4 is 21.7 Å². The fourth-order valence-corrected chi connectivity index (χ4v) is 22.3. The Balaban J connectivity index is 0.000000229. The van der Waals surface area contributed by atoms with E-state index in [2.05, 4.69) is 60.5 Å². The highest BCUT2D eigenvalue weighted by Crippen LogP contribution is 2.68. The zero-order chi connectivity index (χ0) is 110. The molecule has 7 aliphatic heterocycles. The number of nitrogens with one attached hydrogen (secondary N) is 3. The Morgan fingerprint density at radius 1 is 0.486 bits per heavy atom. The van der Waals surface area contributed by atoms with E-state index in [0.717, 1.165) is 70.6 Å². The van der Waals surface area contributed by atoms with Crippen molar-refractivity contribution in [1.29, 1.82) is 0 Å². The molecular formula is C110H171N9O29. The number of likely N-dealkylation sites (N-methyl/N-ethyl adjacent to an activating group) is 1. The summed E-state index contributed by atoms with van der Waals surface area (Å²) in [7, 11) is 16.2. The topological polar surface area (TPSA) is 471 Å². The summed E-state index contributed by atoms with van der Waals surface area (Å²) in [5.74, 6) is -3.79. The van der Waals surface area contributed by atoms with Gasteiger partial charge in [0.05, 0.1) is 124 Å². The molecule has 23 unspecified atom stereocenters. The molecule has 7 amide bonds. The molecule has 38 heteroatoms. The minimum absolute atomic E-state index is 0.0246. The molecule has 5 saturated carbocycles. The number of Topliss-reactive ketones (excluding diaryl/α,β-unsaturated/α-hetero) is 4. The number of carbonyl (C=O) groups excluding carboxylic acids is 16. The molecule has 23 atom stereocenters. The number of carbonyl (C=O) groups is 16. The van der Waals surface area contributed by atoms with E-state index < -0.39 is 128 Å². The molecule has 0 aromatic carbocycles. The first-order chi connectivity index (χ1) is 69.6. The van der Waals surface area contributed by atoms with Gasteiger partial charge in [0.1, 0.15) is 40.5 Å². The smallest absolute Gasteiger partial charge is 0.410 e. The molecule has 0 bridgehead atoms. The van der Waals surface area contributed by atoms with Crippen molar-refractivity contribution in [3.05, 3.63) is 74.9 Å². The number of amides is 7. The molecule has 12 aliphatic rings. The van der Waals surface area contributed by atoms with E-state index in [4.69, 9.17) is 67.3 Å². The third-order valence-electron chi connectivity index (χ3n) is 31.5. The third-order valence-corrected chi connectivity index (χ3v) is 31.5. The zero-order valence-corrected chi connectivity index (χ0v) is 91.9. The molecule has 38 nitrogen and oxygen atoms in total. The standard InChI is InChI=1S/C28H44N2O7.C27H43N3O7.C22H34N2O5.C19H29NO6.C14H21NO4/c1-8-10-11-12-13-14-21(29-26(34)37-27(3,4)5)24(32)30-18-20(35-6)15-22(30)23(31)17-28(25(33)36-7)16-19(28)9-2;1-25(2,3)37-24(34)28-19-13-11-9-8-10-12-14-26(4)17-27(26,23(33)36-7)29(5)22(32)20-15-18(35-6)16-30(20)21(19)31;1-21-10-8-6-4-5-7-9-16(23)19(26)24-13-15(28-2)11-17(24)18(25)12-22(21,14-21)20(27)29-3;1-7-12-9-19(12,16(22)25-6)10-15(21)14-8-13(24-5)11-20(14)17(23)26-18(2,3)4;1-4-9-6-14(9,13(17)19-3)7-12(16)11-5-10(18-2)8-15-11/h8-9,19-22H,1-2,10-18H2,3-7H3,(H,29,34);12,14,18-20H,8-11,13,15-17H2,1-7H3,(H,28,34);8,10,15-17H,4-7,9,11-14,23H2,1-3H3;7,12-14H,1,8-11H2,2-6H3;4,9-11,15H,1,5-8H2,2-3H3/b;14-12-;10-8-;;. The van der Waals surface area contributed by atoms with Gasteiger partial charge in [-0.25, -0.2) is 19.2 Å². The molecule has 148 heavy (non-hydrogen) atoms. The third kappa shape index (κ3) is 30.2. The number of ketones is 4. The van der Waals surface area contributed by atoms with E-state index in [1.165, 1.54) is 55.1 Å². The van der Waals surface area contributed by atoms with Crippen LogP contribution in [0.3, 0.4) is 0 Å². The van der Waals surface area contributed by atoms with Gasteiger partial charge in [0.25, 0.3) is 0 Å². The first-order valence-corrected chi connectivity index (χ1v) is 52.3. The van der Waals surface area contributed by atoms with Crippen LogP contribution >= 0.6 is 0 Å². The SMILES string of the molecule is C=CC1CC1(CC(=O)C1CC(OC)CN1)C(=O)OC.C=CC1CC1(CC(=O)C1CC(OC)CN1C(=O)OC(C)(C)C)C(=O)OC.C=CCCCCCC(NC(=O)OC(C)(C)C)C(=O)N1CC(OC)CC1C(=O)CC1(C(=O)OC)CC1C=C.COC(=O)C12CC(=O)C3CC(OC)CN3C(=O)C(N)CCCCC/C=C\C1(C)C2.COC(=O)C12CC1(C)/C=C\CCCCCC(NC(=O)OC(C)(C)C)C(=O)N1CC(OC)CC1C(=O)N2C. The minimum Gasteiger partial charge on any atom is -0.469 e. The summed E-state index contributed by atoms with van der Waals surface area (Å²) in [5.41, 5.74) is -1.29. The van der Waals surface area contributed by atoms with Crippen LogP contribution in [0, 0.1) is 50.2 Å². The number of allylic oxidation sites excluding steroid dienone is 7. The molecule has 0 aromatic heterocycles. The largest absolute Gasteiger partial charge is 0.469 e. The van der Waals surface area contributed by atoms with Crippen LogP contribution in [0.5, 0.6) is 0 Å². The van der Waals surface area contributed by atoms with Gasteiger partial charge in [-0.05, 0) is 176 Å². The van der Waals surface area contributed by atoms with Crippen LogP contribution in [0.15, 0.2) is 74.9 Å². The Hall–Kier alpha value is -10.1. The van der Waals surface area contributed by atoms with E-state index in [0.29, 0.717) is 103 Å². The lowest BCUT2D eigenvalue weighted by Gasteiger charge is -2.35. The minimum atomic E-state index is -1.14. The van der Waals surface area contributed by atoms with Crippen LogP contribution in [-0.4, -0.2) is 331 Å². The average molecular weight is 2080 g/mol. The number of hydrogen-bond donors (Lipinski definition) is 4. The second kappa shape index (κ2) is 52.8. The molecule has 7 heterocycles. The average Bonchev–Trinajstić information content (AvgIpc) is 1.51. The summed E-state index contributed by atoms with van der Waals surface area (Å²) in [6.45, 7) is 36.5. The van der Waals surface area contributed by atoms with Gasteiger partial charge in [-0.2, -0.15) is 0 Å². The Morgan fingerprint density at radius 2 is 0.932 bits per heavy atom. The van der Waals surface area contributed by atoms with E-state index >= 15 is 0 Å². The fourth-order valence-electron chi connectivity index (χ4n) is 22.3. The predicted molar refractivity (Wildman–Crippen MR) is 548 cm³/mol. The number of nitrogens with zero attached hydrogens (tertiary/aromatic N) is 5. The lowest BCUT2D eigenvalue weighted by atomic mass is 9.86. The van der Waals surface area contributed by atoms with Gasteiger partial charge in [-0.3, -0.25) is 62.4 Å². The molecule has 0 aromatic rings. The number of esters is 5. The van der Waals surface area contributed by atoms with Gasteiger partial charge in [0, 0.05) is 131 Å².